The molecule has 2 rings (SSSR count). The Hall–Kier alpha value is -2.00. The maximum absolute atomic E-state index is 11.4. The Kier molecular flexibility index (Phi) is 4.07. The number of methoxy groups -OCH3 is 1. The van der Waals surface area contributed by atoms with E-state index in [9.17, 15) is 4.79 Å². The number of amides is 1. The average molecular weight is 276 g/mol. The van der Waals surface area contributed by atoms with Gasteiger partial charge in [-0.1, -0.05) is 35.9 Å². The van der Waals surface area contributed by atoms with Crippen LogP contribution >= 0.6 is 11.6 Å². The Morgan fingerprint density at radius 3 is 2.47 bits per heavy atom. The van der Waals surface area contributed by atoms with Gasteiger partial charge in [-0.2, -0.15) is 0 Å². The molecule has 0 aliphatic carbocycles. The highest BCUT2D eigenvalue weighted by Crippen LogP contribution is 2.30. The molecule has 3 nitrogen and oxygen atoms in total. The van der Waals surface area contributed by atoms with Crippen LogP contribution in [0.15, 0.2) is 42.5 Å². The lowest BCUT2D eigenvalue weighted by Gasteiger charge is -2.11. The van der Waals surface area contributed by atoms with E-state index < -0.39 is 6.09 Å². The zero-order chi connectivity index (χ0) is 13.8. The Morgan fingerprint density at radius 1 is 1.16 bits per heavy atom. The van der Waals surface area contributed by atoms with Gasteiger partial charge in [-0.3, -0.25) is 5.32 Å². The first-order valence-electron chi connectivity index (χ1n) is 5.81. The molecule has 4 heteroatoms. The van der Waals surface area contributed by atoms with Crippen LogP contribution in [0.1, 0.15) is 5.56 Å². The maximum atomic E-state index is 11.4. The fourth-order valence-corrected chi connectivity index (χ4v) is 1.93. The van der Waals surface area contributed by atoms with Crippen LogP contribution < -0.4 is 5.32 Å². The van der Waals surface area contributed by atoms with Gasteiger partial charge in [0.25, 0.3) is 0 Å². The summed E-state index contributed by atoms with van der Waals surface area (Å²) in [6.45, 7) is 1.97. The van der Waals surface area contributed by atoms with Crippen LogP contribution in [0.25, 0.3) is 11.1 Å². The zero-order valence-corrected chi connectivity index (χ0v) is 11.5. The first-order chi connectivity index (χ1) is 9.10. The smallest absolute Gasteiger partial charge is 0.411 e. The molecule has 1 N–H and O–H groups in total. The number of carbonyl (C=O) groups excluding carboxylic acids is 1. The fourth-order valence-electron chi connectivity index (χ4n) is 1.80. The number of carbonyl (C=O) groups is 1. The van der Waals surface area contributed by atoms with Crippen molar-refractivity contribution in [2.45, 2.75) is 6.92 Å². The van der Waals surface area contributed by atoms with E-state index in [1.165, 1.54) is 7.11 Å². The van der Waals surface area contributed by atoms with Gasteiger partial charge in [0.05, 0.1) is 12.8 Å². The summed E-state index contributed by atoms with van der Waals surface area (Å²) in [4.78, 5) is 11.4. The molecule has 98 valence electrons. The predicted octanol–water partition coefficient (Wildman–Crippen LogP) is 4.49. The lowest BCUT2D eigenvalue weighted by atomic mass is 10.0. The molecule has 2 aromatic carbocycles. The summed E-state index contributed by atoms with van der Waals surface area (Å²) < 4.78 is 4.63. The Balaban J connectivity index is 2.44. The molecule has 1 amide bonds. The van der Waals surface area contributed by atoms with Crippen molar-refractivity contribution in [2.75, 3.05) is 12.4 Å². The van der Waals surface area contributed by atoms with Crippen LogP contribution in [0.2, 0.25) is 5.02 Å². The second-order valence-corrected chi connectivity index (χ2v) is 4.61. The maximum Gasteiger partial charge on any atom is 0.411 e. The molecule has 0 saturated carbocycles. The SMILES string of the molecule is COC(=O)Nc1cc(C)ccc1-c1ccc(Cl)cc1. The summed E-state index contributed by atoms with van der Waals surface area (Å²) in [5.41, 5.74) is 3.68. The summed E-state index contributed by atoms with van der Waals surface area (Å²) in [5, 5.41) is 3.40. The molecule has 0 saturated heterocycles. The van der Waals surface area contributed by atoms with Gasteiger partial charge in [0.15, 0.2) is 0 Å². The topological polar surface area (TPSA) is 38.3 Å². The van der Waals surface area contributed by atoms with E-state index in [0.717, 1.165) is 16.7 Å². The molecule has 19 heavy (non-hydrogen) atoms. The van der Waals surface area contributed by atoms with Crippen LogP contribution in [-0.4, -0.2) is 13.2 Å². The van der Waals surface area contributed by atoms with Gasteiger partial charge in [-0.05, 0) is 36.2 Å². The second-order valence-electron chi connectivity index (χ2n) is 4.17. The van der Waals surface area contributed by atoms with E-state index in [0.29, 0.717) is 10.7 Å². The number of nitrogens with one attached hydrogen (secondary N) is 1. The standard InChI is InChI=1S/C15H14ClNO2/c1-10-3-8-13(11-4-6-12(16)7-5-11)14(9-10)17-15(18)19-2/h3-9H,1-2H3,(H,17,18). The van der Waals surface area contributed by atoms with Crippen molar-refractivity contribution in [1.82, 2.24) is 0 Å². The molecule has 0 atom stereocenters. The van der Waals surface area contributed by atoms with Crippen LogP contribution in [0.3, 0.4) is 0 Å². The number of anilines is 1. The number of benzene rings is 2. The highest BCUT2D eigenvalue weighted by molar-refractivity contribution is 6.30. The molecule has 0 fully saturated rings. The third-order valence-electron chi connectivity index (χ3n) is 2.75. The zero-order valence-electron chi connectivity index (χ0n) is 10.7. The highest BCUT2D eigenvalue weighted by Gasteiger charge is 2.09. The Labute approximate surface area is 117 Å². The van der Waals surface area contributed by atoms with Crippen molar-refractivity contribution in [2.24, 2.45) is 0 Å². The number of hydrogen-bond donors (Lipinski definition) is 1. The summed E-state index contributed by atoms with van der Waals surface area (Å²) in [5.74, 6) is 0. The average Bonchev–Trinajstić information content (AvgIpc) is 2.40. The van der Waals surface area contributed by atoms with E-state index in [1.807, 2.05) is 49.4 Å². The molecule has 0 aliphatic rings. The van der Waals surface area contributed by atoms with E-state index >= 15 is 0 Å². The normalized spacial score (nSPS) is 10.1. The molecule has 2 aromatic rings. The molecule has 0 heterocycles. The van der Waals surface area contributed by atoms with Crippen LogP contribution in [0.4, 0.5) is 10.5 Å². The van der Waals surface area contributed by atoms with Crippen molar-refractivity contribution in [1.29, 1.82) is 0 Å². The Morgan fingerprint density at radius 2 is 1.84 bits per heavy atom. The van der Waals surface area contributed by atoms with Gasteiger partial charge in [-0.25, -0.2) is 4.79 Å². The lowest BCUT2D eigenvalue weighted by Crippen LogP contribution is -2.11. The largest absolute Gasteiger partial charge is 0.453 e. The first-order valence-corrected chi connectivity index (χ1v) is 6.19. The lowest BCUT2D eigenvalue weighted by molar-refractivity contribution is 0.187. The molecule has 0 aliphatic heterocycles. The molecule has 0 aromatic heterocycles. The quantitative estimate of drug-likeness (QED) is 0.877. The number of aryl methyl sites for hydroxylation is 1. The van der Waals surface area contributed by atoms with Gasteiger partial charge < -0.3 is 4.74 Å². The van der Waals surface area contributed by atoms with Crippen molar-refractivity contribution in [3.05, 3.63) is 53.1 Å². The monoisotopic (exact) mass is 275 g/mol. The molecule has 0 bridgehead atoms. The van der Waals surface area contributed by atoms with Gasteiger partial charge >= 0.3 is 6.09 Å². The molecule has 0 unspecified atom stereocenters. The van der Waals surface area contributed by atoms with E-state index in [1.54, 1.807) is 0 Å². The summed E-state index contributed by atoms with van der Waals surface area (Å²) in [6, 6.07) is 13.3. The van der Waals surface area contributed by atoms with Gasteiger partial charge in [-0.15, -0.1) is 0 Å². The minimum Gasteiger partial charge on any atom is -0.453 e. The number of hydrogen-bond acceptors (Lipinski definition) is 2. The minimum absolute atomic E-state index is 0.485. The molecule has 0 radical (unpaired) electrons. The van der Waals surface area contributed by atoms with Crippen LogP contribution in [-0.2, 0) is 4.74 Å². The van der Waals surface area contributed by atoms with Crippen molar-refractivity contribution in [3.8, 4) is 11.1 Å². The predicted molar refractivity (Wildman–Crippen MR) is 77.7 cm³/mol. The summed E-state index contributed by atoms with van der Waals surface area (Å²) >= 11 is 5.88. The third-order valence-corrected chi connectivity index (χ3v) is 3.00. The Bertz CT molecular complexity index is 594. The van der Waals surface area contributed by atoms with Crippen LogP contribution in [0.5, 0.6) is 0 Å². The molecular formula is C15H14ClNO2. The number of ether oxygens (including phenoxy) is 1. The highest BCUT2D eigenvalue weighted by atomic mass is 35.5. The van der Waals surface area contributed by atoms with Gasteiger partial charge in [0.1, 0.15) is 0 Å². The van der Waals surface area contributed by atoms with Crippen LogP contribution in [0, 0.1) is 6.92 Å². The van der Waals surface area contributed by atoms with Crippen molar-refractivity contribution < 1.29 is 9.53 Å². The first kappa shape index (κ1) is 13.4. The van der Waals surface area contributed by atoms with E-state index in [4.69, 9.17) is 11.6 Å². The summed E-state index contributed by atoms with van der Waals surface area (Å²) in [6.07, 6.45) is -0.485. The van der Waals surface area contributed by atoms with Gasteiger partial charge in [0, 0.05) is 10.6 Å². The van der Waals surface area contributed by atoms with E-state index in [-0.39, 0.29) is 0 Å². The number of rotatable bonds is 2. The van der Waals surface area contributed by atoms with Gasteiger partial charge in [0.2, 0.25) is 0 Å². The second kappa shape index (κ2) is 5.76. The van der Waals surface area contributed by atoms with Crippen molar-refractivity contribution in [3.63, 3.8) is 0 Å². The molecule has 0 spiro atoms. The van der Waals surface area contributed by atoms with E-state index in [2.05, 4.69) is 10.1 Å². The summed E-state index contributed by atoms with van der Waals surface area (Å²) in [7, 11) is 1.34. The minimum atomic E-state index is -0.485. The fraction of sp³-hybridized carbons (Fsp3) is 0.133. The third kappa shape index (κ3) is 3.26. The molecular weight excluding hydrogens is 262 g/mol. The number of halogens is 1. The van der Waals surface area contributed by atoms with Crippen molar-refractivity contribution >= 4 is 23.4 Å².